The number of Topliss-reactive ketones (excluding diaryl/α,β-unsaturated/α-hetero) is 1. The highest BCUT2D eigenvalue weighted by atomic mass is 79.9. The molecule has 0 saturated carbocycles. The van der Waals surface area contributed by atoms with Gasteiger partial charge in [-0.2, -0.15) is 0 Å². The zero-order valence-electron chi connectivity index (χ0n) is 18.4. The standard InChI is InChI=1S/C32H21BrO/c33-26-17-15-22(16-18-26)27-19-20-30-28(31(27)34)21-23-9-7-8-14-29(23)32(30,24-10-3-1-4-11-24)25-12-5-2-6-13-25/h1-21H. The van der Waals surface area contributed by atoms with Gasteiger partial charge in [0, 0.05) is 15.6 Å². The molecule has 0 spiro atoms. The molecule has 2 aliphatic carbocycles. The minimum absolute atomic E-state index is 0.0607. The summed E-state index contributed by atoms with van der Waals surface area (Å²) in [5.41, 5.74) is 7.41. The van der Waals surface area contributed by atoms with Crippen LogP contribution in [0.2, 0.25) is 0 Å². The third-order valence-corrected chi connectivity index (χ3v) is 7.36. The van der Waals surface area contributed by atoms with E-state index in [1.54, 1.807) is 0 Å². The molecule has 0 aliphatic heterocycles. The predicted molar refractivity (Wildman–Crippen MR) is 142 cm³/mol. The number of carbonyl (C=O) groups excluding carboxylic acids is 1. The number of benzene rings is 4. The van der Waals surface area contributed by atoms with Crippen LogP contribution in [-0.2, 0) is 10.2 Å². The van der Waals surface area contributed by atoms with Crippen LogP contribution in [0.1, 0.15) is 27.8 Å². The lowest BCUT2D eigenvalue weighted by atomic mass is 9.58. The minimum Gasteiger partial charge on any atom is -0.289 e. The molecule has 34 heavy (non-hydrogen) atoms. The quantitative estimate of drug-likeness (QED) is 0.280. The zero-order chi connectivity index (χ0) is 23.1. The van der Waals surface area contributed by atoms with Gasteiger partial charge in [0.25, 0.3) is 0 Å². The highest BCUT2D eigenvalue weighted by molar-refractivity contribution is 9.10. The van der Waals surface area contributed by atoms with Gasteiger partial charge in [-0.15, -0.1) is 0 Å². The lowest BCUT2D eigenvalue weighted by Crippen LogP contribution is -2.37. The molecule has 0 N–H and O–H groups in total. The Balaban J connectivity index is 1.69. The van der Waals surface area contributed by atoms with Gasteiger partial charge in [-0.1, -0.05) is 125 Å². The number of halogens is 1. The summed E-state index contributed by atoms with van der Waals surface area (Å²) in [5.74, 6) is 0.0607. The second kappa shape index (κ2) is 8.23. The Labute approximate surface area is 207 Å². The maximum absolute atomic E-state index is 14.0. The summed E-state index contributed by atoms with van der Waals surface area (Å²) in [6.45, 7) is 0. The van der Waals surface area contributed by atoms with E-state index in [1.807, 2.05) is 48.5 Å². The van der Waals surface area contributed by atoms with Gasteiger partial charge in [-0.05, 0) is 51.6 Å². The molecule has 0 radical (unpaired) electrons. The largest absolute Gasteiger partial charge is 0.289 e. The van der Waals surface area contributed by atoms with Crippen LogP contribution in [0.4, 0.5) is 0 Å². The third kappa shape index (κ3) is 3.10. The average Bonchev–Trinajstić information content (AvgIpc) is 2.90. The number of hydrogen-bond donors (Lipinski definition) is 0. The van der Waals surface area contributed by atoms with Crippen molar-refractivity contribution in [1.29, 1.82) is 0 Å². The van der Waals surface area contributed by atoms with Crippen LogP contribution in [0.25, 0.3) is 11.6 Å². The molecule has 162 valence electrons. The first-order valence-electron chi connectivity index (χ1n) is 11.4. The lowest BCUT2D eigenvalue weighted by Gasteiger charge is -2.43. The molecule has 4 aromatic carbocycles. The smallest absolute Gasteiger partial charge is 0.193 e. The van der Waals surface area contributed by atoms with Crippen molar-refractivity contribution >= 4 is 33.4 Å². The zero-order valence-corrected chi connectivity index (χ0v) is 20.0. The van der Waals surface area contributed by atoms with Crippen molar-refractivity contribution < 1.29 is 4.79 Å². The fourth-order valence-electron chi connectivity index (χ4n) is 5.36. The van der Waals surface area contributed by atoms with Crippen LogP contribution in [0, 0.1) is 0 Å². The van der Waals surface area contributed by atoms with E-state index >= 15 is 0 Å². The second-order valence-electron chi connectivity index (χ2n) is 8.62. The van der Waals surface area contributed by atoms with E-state index in [0.717, 1.165) is 43.4 Å². The van der Waals surface area contributed by atoms with Gasteiger partial charge in [0.1, 0.15) is 0 Å². The van der Waals surface area contributed by atoms with Crippen LogP contribution >= 0.6 is 15.9 Å². The number of carbonyl (C=O) groups is 1. The molecule has 1 nitrogen and oxygen atoms in total. The summed E-state index contributed by atoms with van der Waals surface area (Å²) in [7, 11) is 0. The van der Waals surface area contributed by atoms with Crippen molar-refractivity contribution in [3.05, 3.63) is 165 Å². The number of rotatable bonds is 3. The Morgan fingerprint density at radius 1 is 0.588 bits per heavy atom. The topological polar surface area (TPSA) is 17.1 Å². The minimum atomic E-state index is -0.583. The summed E-state index contributed by atoms with van der Waals surface area (Å²) in [4.78, 5) is 14.0. The fraction of sp³-hybridized carbons (Fsp3) is 0.0312. The van der Waals surface area contributed by atoms with Gasteiger partial charge >= 0.3 is 0 Å². The summed E-state index contributed by atoms with van der Waals surface area (Å²) in [5, 5.41) is 0. The molecule has 0 bridgehead atoms. The maximum atomic E-state index is 14.0. The highest BCUT2D eigenvalue weighted by Gasteiger charge is 2.46. The molecule has 0 heterocycles. The molecule has 2 heteroatoms. The van der Waals surface area contributed by atoms with Gasteiger partial charge in [0.2, 0.25) is 0 Å². The van der Waals surface area contributed by atoms with Gasteiger partial charge in [-0.3, -0.25) is 4.79 Å². The van der Waals surface area contributed by atoms with Crippen molar-refractivity contribution in [2.24, 2.45) is 0 Å². The Kier molecular flexibility index (Phi) is 5.04. The number of ketones is 1. The molecule has 4 aromatic rings. The van der Waals surface area contributed by atoms with Crippen LogP contribution in [0.15, 0.2) is 137 Å². The average molecular weight is 501 g/mol. The van der Waals surface area contributed by atoms with E-state index in [1.165, 1.54) is 5.56 Å². The molecular weight excluding hydrogens is 480 g/mol. The number of allylic oxidation sites excluding steroid dienone is 5. The van der Waals surface area contributed by atoms with E-state index in [9.17, 15) is 4.79 Å². The second-order valence-corrected chi connectivity index (χ2v) is 9.54. The molecule has 0 unspecified atom stereocenters. The van der Waals surface area contributed by atoms with Crippen molar-refractivity contribution in [2.75, 3.05) is 0 Å². The van der Waals surface area contributed by atoms with Crippen molar-refractivity contribution in [1.82, 2.24) is 0 Å². The van der Waals surface area contributed by atoms with Gasteiger partial charge in [0.05, 0.1) is 5.41 Å². The van der Waals surface area contributed by atoms with Crippen molar-refractivity contribution in [3.63, 3.8) is 0 Å². The first kappa shape index (κ1) is 20.8. The highest BCUT2D eigenvalue weighted by Crippen LogP contribution is 2.53. The Bertz CT molecular complexity index is 1450. The van der Waals surface area contributed by atoms with E-state index in [4.69, 9.17) is 0 Å². The van der Waals surface area contributed by atoms with E-state index in [0.29, 0.717) is 0 Å². The predicted octanol–water partition coefficient (Wildman–Crippen LogP) is 7.77. The molecule has 0 atom stereocenters. The van der Waals surface area contributed by atoms with Crippen LogP contribution in [-0.4, -0.2) is 5.78 Å². The van der Waals surface area contributed by atoms with Gasteiger partial charge in [-0.25, -0.2) is 0 Å². The Morgan fingerprint density at radius 3 is 1.82 bits per heavy atom. The molecule has 2 aliphatic rings. The Morgan fingerprint density at radius 2 is 1.18 bits per heavy atom. The fourth-order valence-corrected chi connectivity index (χ4v) is 5.62. The molecule has 0 saturated heterocycles. The van der Waals surface area contributed by atoms with E-state index in [-0.39, 0.29) is 5.78 Å². The molecule has 0 fully saturated rings. The van der Waals surface area contributed by atoms with Crippen LogP contribution in [0.3, 0.4) is 0 Å². The molecule has 0 aromatic heterocycles. The van der Waals surface area contributed by atoms with Crippen LogP contribution in [0.5, 0.6) is 0 Å². The maximum Gasteiger partial charge on any atom is 0.193 e. The number of hydrogen-bond acceptors (Lipinski definition) is 1. The normalized spacial score (nSPS) is 16.0. The van der Waals surface area contributed by atoms with Crippen LogP contribution < -0.4 is 0 Å². The summed E-state index contributed by atoms with van der Waals surface area (Å²) in [6.07, 6.45) is 6.22. The van der Waals surface area contributed by atoms with Crippen molar-refractivity contribution in [3.8, 4) is 0 Å². The van der Waals surface area contributed by atoms with Crippen molar-refractivity contribution in [2.45, 2.75) is 5.41 Å². The van der Waals surface area contributed by atoms with Gasteiger partial charge < -0.3 is 0 Å². The monoisotopic (exact) mass is 500 g/mol. The Hall–Kier alpha value is -3.75. The summed E-state index contributed by atoms with van der Waals surface area (Å²) < 4.78 is 0.995. The molecular formula is C32H21BrO. The van der Waals surface area contributed by atoms with E-state index in [2.05, 4.69) is 94.8 Å². The van der Waals surface area contributed by atoms with E-state index < -0.39 is 5.41 Å². The first-order chi connectivity index (χ1) is 16.7. The third-order valence-electron chi connectivity index (χ3n) is 6.83. The number of fused-ring (bicyclic) bond motifs is 2. The lowest BCUT2D eigenvalue weighted by molar-refractivity contribution is -0.110. The summed E-state index contributed by atoms with van der Waals surface area (Å²) in [6, 6.07) is 37.5. The first-order valence-corrected chi connectivity index (χ1v) is 12.1. The SMILES string of the molecule is O=C1C2=Cc3ccccc3C(c3ccccc3)(c3ccccc3)C2=CC=C1c1ccc(Br)cc1. The molecule has 6 rings (SSSR count). The summed E-state index contributed by atoms with van der Waals surface area (Å²) >= 11 is 3.50. The molecule has 0 amide bonds. The van der Waals surface area contributed by atoms with Gasteiger partial charge in [0.15, 0.2) is 5.78 Å².